The van der Waals surface area contributed by atoms with E-state index in [0.29, 0.717) is 12.8 Å². The Kier molecular flexibility index (Phi) is 6.92. The highest BCUT2D eigenvalue weighted by atomic mass is 16.5. The van der Waals surface area contributed by atoms with E-state index in [9.17, 15) is 9.90 Å². The average Bonchev–Trinajstić information content (AvgIpc) is 2.43. The molecular weight excluding hydrogens is 246 g/mol. The minimum Gasteiger partial charge on any atom is -0.496 e. The van der Waals surface area contributed by atoms with E-state index in [1.165, 1.54) is 7.11 Å². The van der Waals surface area contributed by atoms with Crippen LogP contribution in [0.5, 0.6) is 5.75 Å². The van der Waals surface area contributed by atoms with Crippen molar-refractivity contribution >= 4 is 5.91 Å². The Morgan fingerprint density at radius 3 is 2.79 bits per heavy atom. The van der Waals surface area contributed by atoms with E-state index in [0.717, 1.165) is 11.3 Å². The Bertz CT molecular complexity index is 395. The topological polar surface area (TPSA) is 67.8 Å². The van der Waals surface area contributed by atoms with Crippen LogP contribution in [-0.2, 0) is 16.0 Å². The number of carbonyl (C=O) groups excluding carboxylic acids is 1. The Balaban J connectivity index is 2.33. The lowest BCUT2D eigenvalue weighted by molar-refractivity contribution is -0.121. The standard InChI is InChI=1S/C14H21NO4/c1-18-10-12(16)9-15-14(17)8-7-11-5-3-4-6-13(11)19-2/h3-6,12,16H,7-10H2,1-2H3,(H,15,17). The molecule has 19 heavy (non-hydrogen) atoms. The van der Waals surface area contributed by atoms with Gasteiger partial charge in [-0.05, 0) is 18.1 Å². The Morgan fingerprint density at radius 2 is 2.11 bits per heavy atom. The molecule has 0 bridgehead atoms. The van der Waals surface area contributed by atoms with Crippen LogP contribution in [0.15, 0.2) is 24.3 Å². The van der Waals surface area contributed by atoms with Gasteiger partial charge in [-0.25, -0.2) is 0 Å². The van der Waals surface area contributed by atoms with Crippen molar-refractivity contribution in [1.29, 1.82) is 0 Å². The molecule has 5 nitrogen and oxygen atoms in total. The fourth-order valence-electron chi connectivity index (χ4n) is 1.73. The van der Waals surface area contributed by atoms with Crippen molar-refractivity contribution in [3.8, 4) is 5.75 Å². The molecule has 0 saturated carbocycles. The van der Waals surface area contributed by atoms with Crippen LogP contribution in [-0.4, -0.2) is 44.5 Å². The highest BCUT2D eigenvalue weighted by Crippen LogP contribution is 2.18. The number of aliphatic hydroxyl groups excluding tert-OH is 1. The molecule has 2 N–H and O–H groups in total. The molecule has 0 aromatic heterocycles. The van der Waals surface area contributed by atoms with Crippen molar-refractivity contribution in [2.75, 3.05) is 27.4 Å². The molecule has 0 spiro atoms. The average molecular weight is 267 g/mol. The molecule has 0 radical (unpaired) electrons. The lowest BCUT2D eigenvalue weighted by atomic mass is 10.1. The third kappa shape index (κ3) is 5.72. The largest absolute Gasteiger partial charge is 0.496 e. The Morgan fingerprint density at radius 1 is 1.37 bits per heavy atom. The van der Waals surface area contributed by atoms with Crippen LogP contribution in [0.2, 0.25) is 0 Å². The third-order valence-corrected chi connectivity index (χ3v) is 2.71. The summed E-state index contributed by atoms with van der Waals surface area (Å²) < 4.78 is 10.00. The van der Waals surface area contributed by atoms with E-state index in [4.69, 9.17) is 9.47 Å². The van der Waals surface area contributed by atoms with Crippen molar-refractivity contribution in [2.24, 2.45) is 0 Å². The van der Waals surface area contributed by atoms with Gasteiger partial charge in [-0.15, -0.1) is 0 Å². The predicted molar refractivity (Wildman–Crippen MR) is 72.2 cm³/mol. The second-order valence-corrected chi connectivity index (χ2v) is 4.23. The van der Waals surface area contributed by atoms with Crippen LogP contribution >= 0.6 is 0 Å². The van der Waals surface area contributed by atoms with Crippen LogP contribution in [0.25, 0.3) is 0 Å². The van der Waals surface area contributed by atoms with Gasteiger partial charge >= 0.3 is 0 Å². The molecule has 0 saturated heterocycles. The summed E-state index contributed by atoms with van der Waals surface area (Å²) in [6.07, 6.45) is 0.302. The first-order valence-electron chi connectivity index (χ1n) is 6.23. The van der Waals surface area contributed by atoms with Gasteiger partial charge in [-0.1, -0.05) is 18.2 Å². The number of nitrogens with one attached hydrogen (secondary N) is 1. The number of amides is 1. The third-order valence-electron chi connectivity index (χ3n) is 2.71. The molecule has 1 atom stereocenters. The zero-order chi connectivity index (χ0) is 14.1. The molecule has 0 fully saturated rings. The number of para-hydroxylation sites is 1. The quantitative estimate of drug-likeness (QED) is 0.729. The molecule has 1 rings (SSSR count). The normalized spacial score (nSPS) is 11.9. The second-order valence-electron chi connectivity index (χ2n) is 4.23. The van der Waals surface area contributed by atoms with Gasteiger partial charge < -0.3 is 19.9 Å². The van der Waals surface area contributed by atoms with Gasteiger partial charge in [0.25, 0.3) is 0 Å². The number of benzene rings is 1. The summed E-state index contributed by atoms with van der Waals surface area (Å²) in [6.45, 7) is 0.422. The summed E-state index contributed by atoms with van der Waals surface area (Å²) in [5.74, 6) is 0.691. The first-order valence-corrected chi connectivity index (χ1v) is 6.23. The van der Waals surface area contributed by atoms with Crippen molar-refractivity contribution in [3.05, 3.63) is 29.8 Å². The number of hydrogen-bond acceptors (Lipinski definition) is 4. The van der Waals surface area contributed by atoms with Crippen LogP contribution in [0, 0.1) is 0 Å². The molecule has 1 aromatic carbocycles. The summed E-state index contributed by atoms with van der Waals surface area (Å²) in [7, 11) is 3.12. The molecule has 0 aliphatic rings. The van der Waals surface area contributed by atoms with E-state index in [-0.39, 0.29) is 19.1 Å². The molecule has 0 aliphatic heterocycles. The van der Waals surface area contributed by atoms with Gasteiger partial charge in [0.1, 0.15) is 5.75 Å². The maximum Gasteiger partial charge on any atom is 0.220 e. The van der Waals surface area contributed by atoms with E-state index >= 15 is 0 Å². The number of hydrogen-bond donors (Lipinski definition) is 2. The zero-order valence-electron chi connectivity index (χ0n) is 11.4. The minimum atomic E-state index is -0.666. The van der Waals surface area contributed by atoms with Crippen molar-refractivity contribution in [3.63, 3.8) is 0 Å². The SMILES string of the molecule is COCC(O)CNC(=O)CCc1ccccc1OC. The summed E-state index contributed by atoms with van der Waals surface area (Å²) in [5, 5.41) is 12.1. The summed E-state index contributed by atoms with van der Waals surface area (Å²) in [5.41, 5.74) is 0.998. The molecule has 5 heteroatoms. The first kappa shape index (κ1) is 15.5. The molecule has 1 unspecified atom stereocenters. The Hall–Kier alpha value is -1.59. The van der Waals surface area contributed by atoms with E-state index in [2.05, 4.69) is 5.32 Å². The molecule has 106 valence electrons. The molecular formula is C14H21NO4. The van der Waals surface area contributed by atoms with Crippen molar-refractivity contribution < 1.29 is 19.4 Å². The van der Waals surface area contributed by atoms with Crippen molar-refractivity contribution in [2.45, 2.75) is 18.9 Å². The van der Waals surface area contributed by atoms with Gasteiger partial charge in [-0.3, -0.25) is 4.79 Å². The lowest BCUT2D eigenvalue weighted by Gasteiger charge is -2.11. The van der Waals surface area contributed by atoms with Crippen LogP contribution in [0.4, 0.5) is 0 Å². The number of ether oxygens (including phenoxy) is 2. The number of methoxy groups -OCH3 is 2. The van der Waals surface area contributed by atoms with E-state index in [1.54, 1.807) is 7.11 Å². The Labute approximate surface area is 113 Å². The second kappa shape index (κ2) is 8.50. The summed E-state index contributed by atoms with van der Waals surface area (Å²) in [4.78, 5) is 11.6. The van der Waals surface area contributed by atoms with E-state index < -0.39 is 6.10 Å². The van der Waals surface area contributed by atoms with Crippen LogP contribution in [0.3, 0.4) is 0 Å². The fraction of sp³-hybridized carbons (Fsp3) is 0.500. The number of rotatable bonds is 8. The first-order chi connectivity index (χ1) is 9.17. The van der Waals surface area contributed by atoms with Gasteiger partial charge in [0.05, 0.1) is 19.8 Å². The minimum absolute atomic E-state index is 0.0962. The van der Waals surface area contributed by atoms with Crippen LogP contribution in [0.1, 0.15) is 12.0 Å². The maximum absolute atomic E-state index is 11.6. The zero-order valence-corrected chi connectivity index (χ0v) is 11.4. The number of carbonyl (C=O) groups is 1. The maximum atomic E-state index is 11.6. The monoisotopic (exact) mass is 267 g/mol. The molecule has 1 aromatic rings. The molecule has 0 heterocycles. The van der Waals surface area contributed by atoms with E-state index in [1.807, 2.05) is 24.3 Å². The van der Waals surface area contributed by atoms with Crippen LogP contribution < -0.4 is 10.1 Å². The van der Waals surface area contributed by atoms with Gasteiger partial charge in [0.15, 0.2) is 0 Å². The highest BCUT2D eigenvalue weighted by Gasteiger charge is 2.08. The predicted octanol–water partition coefficient (Wildman–Crippen LogP) is 0.751. The van der Waals surface area contributed by atoms with Crippen molar-refractivity contribution in [1.82, 2.24) is 5.32 Å². The van der Waals surface area contributed by atoms with Gasteiger partial charge in [-0.2, -0.15) is 0 Å². The smallest absolute Gasteiger partial charge is 0.220 e. The lowest BCUT2D eigenvalue weighted by Crippen LogP contribution is -2.34. The highest BCUT2D eigenvalue weighted by molar-refractivity contribution is 5.76. The van der Waals surface area contributed by atoms with Gasteiger partial charge in [0, 0.05) is 20.1 Å². The molecule has 0 aliphatic carbocycles. The number of aryl methyl sites for hydroxylation is 1. The number of aliphatic hydroxyl groups is 1. The summed E-state index contributed by atoms with van der Waals surface area (Å²) >= 11 is 0. The summed E-state index contributed by atoms with van der Waals surface area (Å²) in [6, 6.07) is 7.61. The van der Waals surface area contributed by atoms with Gasteiger partial charge in [0.2, 0.25) is 5.91 Å². The fourth-order valence-corrected chi connectivity index (χ4v) is 1.73. The molecule has 1 amide bonds.